The molecule has 1 amide bonds. The monoisotopic (exact) mass is 482 g/mol. The van der Waals surface area contributed by atoms with Gasteiger partial charge in [0.25, 0.3) is 5.91 Å². The molecule has 34 heavy (non-hydrogen) atoms. The van der Waals surface area contributed by atoms with Gasteiger partial charge in [0.1, 0.15) is 5.76 Å². The Hall–Kier alpha value is -3.43. The average Bonchev–Trinajstić information content (AvgIpc) is 3.50. The summed E-state index contributed by atoms with van der Waals surface area (Å²) >= 11 is 0. The van der Waals surface area contributed by atoms with Gasteiger partial charge in [0.05, 0.1) is 29.9 Å². The van der Waals surface area contributed by atoms with Crippen molar-refractivity contribution in [2.24, 2.45) is 0 Å². The van der Waals surface area contributed by atoms with Gasteiger partial charge in [-0.25, -0.2) is 13.2 Å². The molecule has 4 rings (SSSR count). The Morgan fingerprint density at radius 2 is 1.68 bits per heavy atom. The third kappa shape index (κ3) is 5.73. The summed E-state index contributed by atoms with van der Waals surface area (Å²) < 4.78 is 38.6. The standard InChI is InChI=1S/C25H26N2O6S/c1-2-32-25(29)20-9-13-23(14-10-20)34(30,31)27(17-22-4-3-15-33-22)16-18-5-7-19(8-6-18)24(28)26-21-11-12-21/h3-10,13-15,21H,2,11-12,16-17H2,1H3,(H,26,28). The summed E-state index contributed by atoms with van der Waals surface area (Å²) in [5.41, 5.74) is 1.53. The highest BCUT2D eigenvalue weighted by Crippen LogP contribution is 2.23. The molecular formula is C25H26N2O6S. The Morgan fingerprint density at radius 1 is 1.00 bits per heavy atom. The Bertz CT molecular complexity index is 1230. The number of hydrogen-bond donors (Lipinski definition) is 1. The third-order valence-electron chi connectivity index (χ3n) is 5.40. The molecule has 2 aromatic carbocycles. The molecular weight excluding hydrogens is 456 g/mol. The maximum absolute atomic E-state index is 13.5. The largest absolute Gasteiger partial charge is 0.468 e. The van der Waals surface area contributed by atoms with E-state index in [9.17, 15) is 18.0 Å². The van der Waals surface area contributed by atoms with Gasteiger partial charge in [0.15, 0.2) is 0 Å². The first-order valence-corrected chi connectivity index (χ1v) is 12.5. The van der Waals surface area contributed by atoms with Crippen molar-refractivity contribution in [3.05, 3.63) is 89.4 Å². The number of hydrogen-bond acceptors (Lipinski definition) is 6. The second-order valence-electron chi connectivity index (χ2n) is 8.04. The van der Waals surface area contributed by atoms with E-state index in [0.29, 0.717) is 11.3 Å². The van der Waals surface area contributed by atoms with Gasteiger partial charge in [-0.15, -0.1) is 0 Å². The van der Waals surface area contributed by atoms with Crippen LogP contribution in [0.4, 0.5) is 0 Å². The fraction of sp³-hybridized carbons (Fsp3) is 0.280. The van der Waals surface area contributed by atoms with Crippen LogP contribution in [0.1, 0.15) is 51.8 Å². The van der Waals surface area contributed by atoms with Crippen LogP contribution in [0.15, 0.2) is 76.2 Å². The Kier molecular flexibility index (Phi) is 7.14. The summed E-state index contributed by atoms with van der Waals surface area (Å²) in [6.07, 6.45) is 3.50. The molecule has 1 aliphatic carbocycles. The van der Waals surface area contributed by atoms with E-state index in [1.165, 1.54) is 34.8 Å². The van der Waals surface area contributed by atoms with E-state index in [1.807, 2.05) is 0 Å². The van der Waals surface area contributed by atoms with Crippen molar-refractivity contribution >= 4 is 21.9 Å². The molecule has 1 aromatic heterocycles. The SMILES string of the molecule is CCOC(=O)c1ccc(S(=O)(=O)N(Cc2ccc(C(=O)NC3CC3)cc2)Cc2ccco2)cc1. The molecule has 1 heterocycles. The Labute approximate surface area is 198 Å². The number of esters is 1. The van der Waals surface area contributed by atoms with Crippen molar-refractivity contribution in [1.29, 1.82) is 0 Å². The van der Waals surface area contributed by atoms with Crippen LogP contribution in [-0.2, 0) is 27.8 Å². The summed E-state index contributed by atoms with van der Waals surface area (Å²) in [6, 6.07) is 16.2. The van der Waals surface area contributed by atoms with E-state index in [0.717, 1.165) is 18.4 Å². The number of carbonyl (C=O) groups excluding carboxylic acids is 2. The van der Waals surface area contributed by atoms with Crippen molar-refractivity contribution in [1.82, 2.24) is 9.62 Å². The van der Waals surface area contributed by atoms with Crippen LogP contribution < -0.4 is 5.32 Å². The van der Waals surface area contributed by atoms with Gasteiger partial charge >= 0.3 is 5.97 Å². The molecule has 178 valence electrons. The van der Waals surface area contributed by atoms with Crippen LogP contribution in [0.2, 0.25) is 0 Å². The van der Waals surface area contributed by atoms with Crippen molar-refractivity contribution in [2.45, 2.75) is 43.8 Å². The summed E-state index contributed by atoms with van der Waals surface area (Å²) in [5, 5.41) is 2.94. The molecule has 8 nitrogen and oxygen atoms in total. The highest BCUT2D eigenvalue weighted by molar-refractivity contribution is 7.89. The topological polar surface area (TPSA) is 106 Å². The summed E-state index contributed by atoms with van der Waals surface area (Å²) in [4.78, 5) is 24.2. The molecule has 0 unspecified atom stereocenters. The number of sulfonamides is 1. The Balaban J connectivity index is 1.55. The molecule has 1 N–H and O–H groups in total. The van der Waals surface area contributed by atoms with Crippen LogP contribution in [0.25, 0.3) is 0 Å². The van der Waals surface area contributed by atoms with Crippen molar-refractivity contribution in [3.8, 4) is 0 Å². The second kappa shape index (κ2) is 10.2. The molecule has 1 saturated carbocycles. The molecule has 0 saturated heterocycles. The first kappa shape index (κ1) is 23.7. The minimum Gasteiger partial charge on any atom is -0.468 e. The lowest BCUT2D eigenvalue weighted by Crippen LogP contribution is -2.30. The fourth-order valence-electron chi connectivity index (χ4n) is 3.39. The third-order valence-corrected chi connectivity index (χ3v) is 7.21. The lowest BCUT2D eigenvalue weighted by Gasteiger charge is -2.22. The van der Waals surface area contributed by atoms with Gasteiger partial charge < -0.3 is 14.5 Å². The molecule has 1 fully saturated rings. The summed E-state index contributed by atoms with van der Waals surface area (Å²) in [6.45, 7) is 2.04. The zero-order chi connectivity index (χ0) is 24.1. The predicted octanol–water partition coefficient (Wildman–Crippen LogP) is 3.74. The van der Waals surface area contributed by atoms with Gasteiger partial charge in [-0.1, -0.05) is 12.1 Å². The van der Waals surface area contributed by atoms with Gasteiger partial charge in [0, 0.05) is 18.2 Å². The molecule has 0 radical (unpaired) electrons. The predicted molar refractivity (Wildman–Crippen MR) is 124 cm³/mol. The number of rotatable bonds is 10. The zero-order valence-electron chi connectivity index (χ0n) is 18.8. The molecule has 0 aliphatic heterocycles. The smallest absolute Gasteiger partial charge is 0.338 e. The number of nitrogens with zero attached hydrogens (tertiary/aromatic N) is 1. The van der Waals surface area contributed by atoms with Gasteiger partial charge in [-0.2, -0.15) is 4.31 Å². The van der Waals surface area contributed by atoms with Crippen LogP contribution in [0.5, 0.6) is 0 Å². The Morgan fingerprint density at radius 3 is 2.26 bits per heavy atom. The molecule has 3 aromatic rings. The van der Waals surface area contributed by atoms with E-state index in [2.05, 4.69) is 5.32 Å². The number of amides is 1. The van der Waals surface area contributed by atoms with Gasteiger partial charge in [-0.3, -0.25) is 4.79 Å². The van der Waals surface area contributed by atoms with Crippen LogP contribution >= 0.6 is 0 Å². The number of ether oxygens (including phenoxy) is 1. The summed E-state index contributed by atoms with van der Waals surface area (Å²) in [7, 11) is -3.92. The van der Waals surface area contributed by atoms with Crippen molar-refractivity contribution in [2.75, 3.05) is 6.61 Å². The summed E-state index contributed by atoms with van der Waals surface area (Å²) in [5.74, 6) is -0.146. The first-order chi connectivity index (χ1) is 16.4. The quantitative estimate of drug-likeness (QED) is 0.441. The highest BCUT2D eigenvalue weighted by Gasteiger charge is 2.27. The number of carbonyl (C=O) groups is 2. The molecule has 9 heteroatoms. The minimum atomic E-state index is -3.92. The van der Waals surface area contributed by atoms with E-state index < -0.39 is 16.0 Å². The van der Waals surface area contributed by atoms with Crippen LogP contribution in [0, 0.1) is 0 Å². The molecule has 1 aliphatic rings. The molecule has 0 bridgehead atoms. The second-order valence-corrected chi connectivity index (χ2v) is 9.98. The molecule has 0 spiro atoms. The van der Waals surface area contributed by atoms with Crippen molar-refractivity contribution in [3.63, 3.8) is 0 Å². The number of furan rings is 1. The van der Waals surface area contributed by atoms with Gasteiger partial charge in [0.2, 0.25) is 10.0 Å². The number of nitrogens with one attached hydrogen (secondary N) is 1. The van der Waals surface area contributed by atoms with Crippen molar-refractivity contribution < 1.29 is 27.2 Å². The van der Waals surface area contributed by atoms with Crippen LogP contribution in [0.3, 0.4) is 0 Å². The number of benzene rings is 2. The average molecular weight is 483 g/mol. The maximum atomic E-state index is 13.5. The van der Waals surface area contributed by atoms with E-state index in [1.54, 1.807) is 43.3 Å². The van der Waals surface area contributed by atoms with Gasteiger partial charge in [-0.05, 0) is 73.9 Å². The van der Waals surface area contributed by atoms with Crippen LogP contribution in [-0.4, -0.2) is 37.2 Å². The lowest BCUT2D eigenvalue weighted by atomic mass is 10.1. The molecule has 0 atom stereocenters. The fourth-order valence-corrected chi connectivity index (χ4v) is 4.78. The zero-order valence-corrected chi connectivity index (χ0v) is 19.6. The van der Waals surface area contributed by atoms with E-state index in [4.69, 9.17) is 9.15 Å². The van der Waals surface area contributed by atoms with E-state index >= 15 is 0 Å². The highest BCUT2D eigenvalue weighted by atomic mass is 32.2. The lowest BCUT2D eigenvalue weighted by molar-refractivity contribution is 0.0526. The minimum absolute atomic E-state index is 0.0267. The first-order valence-electron chi connectivity index (χ1n) is 11.1. The normalized spacial score (nSPS) is 13.6. The maximum Gasteiger partial charge on any atom is 0.338 e. The van der Waals surface area contributed by atoms with E-state index in [-0.39, 0.29) is 42.1 Å².